The number of ether oxygens (including phenoxy) is 1. The highest BCUT2D eigenvalue weighted by Crippen LogP contribution is 2.29. The Balaban J connectivity index is 0.00000264. The van der Waals surface area contributed by atoms with E-state index in [9.17, 15) is 4.79 Å². The van der Waals surface area contributed by atoms with Gasteiger partial charge in [0.15, 0.2) is 0 Å². The lowest BCUT2D eigenvalue weighted by molar-refractivity contribution is -0.122. The van der Waals surface area contributed by atoms with E-state index in [4.69, 9.17) is 10.5 Å². The molecule has 0 saturated heterocycles. The number of hydrogen-bond acceptors (Lipinski definition) is 3. The summed E-state index contributed by atoms with van der Waals surface area (Å²) in [5.74, 6) is 1.53. The molecular weight excluding hydrogens is 312 g/mol. The molecule has 5 heteroatoms. The molecule has 0 spiro atoms. The third-order valence-electron chi connectivity index (χ3n) is 4.72. The van der Waals surface area contributed by atoms with Crippen LogP contribution in [0.25, 0.3) is 0 Å². The first-order chi connectivity index (χ1) is 10.7. The Morgan fingerprint density at radius 2 is 2.04 bits per heavy atom. The van der Waals surface area contributed by atoms with Crippen LogP contribution in [0.4, 0.5) is 0 Å². The summed E-state index contributed by atoms with van der Waals surface area (Å²) < 4.78 is 5.38. The molecule has 3 N–H and O–H groups in total. The van der Waals surface area contributed by atoms with Gasteiger partial charge in [0.05, 0.1) is 7.11 Å². The summed E-state index contributed by atoms with van der Waals surface area (Å²) in [5.41, 5.74) is 6.91. The van der Waals surface area contributed by atoms with Crippen LogP contribution >= 0.6 is 12.4 Å². The standard InChI is InChI=1S/C18H28N2O2.ClH/c1-13(15-8-4-6-10-17(15)22-2)11-18(21)20-16-9-5-3-7-14(16)12-19;/h4,6,8,10,13-14,16H,3,5,7,9,11-12,19H2,1-2H3,(H,20,21);1H. The first-order valence-electron chi connectivity index (χ1n) is 8.28. The Labute approximate surface area is 145 Å². The van der Waals surface area contributed by atoms with Crippen LogP contribution in [0.2, 0.25) is 0 Å². The van der Waals surface area contributed by atoms with Crippen LogP contribution in [0.15, 0.2) is 24.3 Å². The van der Waals surface area contributed by atoms with Gasteiger partial charge in [0.2, 0.25) is 5.91 Å². The SMILES string of the molecule is COc1ccccc1C(C)CC(=O)NC1CCCCC1CN.Cl. The number of carbonyl (C=O) groups excluding carboxylic acids is 1. The molecule has 130 valence electrons. The maximum absolute atomic E-state index is 12.4. The number of methoxy groups -OCH3 is 1. The summed E-state index contributed by atoms with van der Waals surface area (Å²) in [7, 11) is 1.67. The lowest BCUT2D eigenvalue weighted by Crippen LogP contribution is -2.44. The summed E-state index contributed by atoms with van der Waals surface area (Å²) in [4.78, 5) is 12.4. The van der Waals surface area contributed by atoms with Gasteiger partial charge in [-0.05, 0) is 42.9 Å². The second-order valence-electron chi connectivity index (χ2n) is 6.30. The predicted octanol–water partition coefficient (Wildman–Crippen LogP) is 3.24. The molecule has 1 aliphatic rings. The Hall–Kier alpha value is -1.26. The molecule has 0 aromatic heterocycles. The molecule has 1 amide bonds. The van der Waals surface area contributed by atoms with Gasteiger partial charge in [-0.2, -0.15) is 0 Å². The number of amides is 1. The average molecular weight is 341 g/mol. The minimum atomic E-state index is 0. The van der Waals surface area contributed by atoms with Crippen molar-refractivity contribution >= 4 is 18.3 Å². The van der Waals surface area contributed by atoms with Gasteiger partial charge in [0, 0.05) is 12.5 Å². The Morgan fingerprint density at radius 3 is 2.74 bits per heavy atom. The summed E-state index contributed by atoms with van der Waals surface area (Å²) >= 11 is 0. The van der Waals surface area contributed by atoms with E-state index in [0.29, 0.717) is 18.9 Å². The summed E-state index contributed by atoms with van der Waals surface area (Å²) in [6.45, 7) is 2.73. The zero-order valence-electron chi connectivity index (χ0n) is 14.1. The van der Waals surface area contributed by atoms with E-state index in [1.54, 1.807) is 7.11 Å². The maximum atomic E-state index is 12.4. The van der Waals surface area contributed by atoms with Crippen molar-refractivity contribution in [1.82, 2.24) is 5.32 Å². The number of benzene rings is 1. The molecule has 1 aliphatic carbocycles. The number of nitrogens with one attached hydrogen (secondary N) is 1. The molecule has 0 aliphatic heterocycles. The highest BCUT2D eigenvalue weighted by atomic mass is 35.5. The first kappa shape index (κ1) is 19.8. The zero-order chi connectivity index (χ0) is 15.9. The van der Waals surface area contributed by atoms with E-state index in [1.807, 2.05) is 24.3 Å². The number of para-hydroxylation sites is 1. The lowest BCUT2D eigenvalue weighted by atomic mass is 9.84. The van der Waals surface area contributed by atoms with Crippen LogP contribution in [0.1, 0.15) is 50.5 Å². The number of rotatable bonds is 6. The largest absolute Gasteiger partial charge is 0.496 e. The summed E-state index contributed by atoms with van der Waals surface area (Å²) in [5, 5.41) is 3.20. The number of halogens is 1. The van der Waals surface area contributed by atoms with Crippen LogP contribution < -0.4 is 15.8 Å². The Kier molecular flexibility index (Phi) is 8.42. The normalized spacial score (nSPS) is 21.9. The molecule has 1 fully saturated rings. The van der Waals surface area contributed by atoms with E-state index in [2.05, 4.69) is 12.2 Å². The number of carbonyl (C=O) groups is 1. The Bertz CT molecular complexity index is 496. The third-order valence-corrected chi connectivity index (χ3v) is 4.72. The molecule has 3 unspecified atom stereocenters. The van der Waals surface area contributed by atoms with Crippen LogP contribution in [-0.4, -0.2) is 25.6 Å². The molecule has 3 atom stereocenters. The van der Waals surface area contributed by atoms with Crippen LogP contribution in [0.3, 0.4) is 0 Å². The fourth-order valence-corrected chi connectivity index (χ4v) is 3.41. The maximum Gasteiger partial charge on any atom is 0.220 e. The summed E-state index contributed by atoms with van der Waals surface area (Å²) in [6.07, 6.45) is 5.07. The van der Waals surface area contributed by atoms with Gasteiger partial charge in [-0.15, -0.1) is 12.4 Å². The van der Waals surface area contributed by atoms with Crippen molar-refractivity contribution in [3.05, 3.63) is 29.8 Å². The molecule has 1 saturated carbocycles. The topological polar surface area (TPSA) is 64.3 Å². The molecule has 1 aromatic rings. The van der Waals surface area contributed by atoms with Crippen LogP contribution in [0.5, 0.6) is 5.75 Å². The number of hydrogen-bond donors (Lipinski definition) is 2. The summed E-state index contributed by atoms with van der Waals surface area (Å²) in [6, 6.07) is 8.15. The van der Waals surface area contributed by atoms with Crippen molar-refractivity contribution in [3.8, 4) is 5.75 Å². The van der Waals surface area contributed by atoms with Gasteiger partial charge < -0.3 is 15.8 Å². The van der Waals surface area contributed by atoms with Gasteiger partial charge in [-0.3, -0.25) is 4.79 Å². The van der Waals surface area contributed by atoms with E-state index < -0.39 is 0 Å². The fourth-order valence-electron chi connectivity index (χ4n) is 3.41. The van der Waals surface area contributed by atoms with Crippen LogP contribution in [-0.2, 0) is 4.79 Å². The first-order valence-corrected chi connectivity index (χ1v) is 8.28. The molecule has 0 heterocycles. The lowest BCUT2D eigenvalue weighted by Gasteiger charge is -2.31. The fraction of sp³-hybridized carbons (Fsp3) is 0.611. The third kappa shape index (κ3) is 5.40. The molecule has 4 nitrogen and oxygen atoms in total. The second-order valence-corrected chi connectivity index (χ2v) is 6.30. The van der Waals surface area contributed by atoms with E-state index >= 15 is 0 Å². The predicted molar refractivity (Wildman–Crippen MR) is 96.2 cm³/mol. The minimum absolute atomic E-state index is 0. The molecule has 0 bridgehead atoms. The van der Waals surface area contributed by atoms with Gasteiger partial charge in [-0.1, -0.05) is 38.0 Å². The smallest absolute Gasteiger partial charge is 0.220 e. The highest BCUT2D eigenvalue weighted by molar-refractivity contribution is 5.85. The van der Waals surface area contributed by atoms with Gasteiger partial charge >= 0.3 is 0 Å². The van der Waals surface area contributed by atoms with Gasteiger partial charge in [0.25, 0.3) is 0 Å². The van der Waals surface area contributed by atoms with Crippen molar-refractivity contribution in [2.24, 2.45) is 11.7 Å². The molecule has 23 heavy (non-hydrogen) atoms. The zero-order valence-corrected chi connectivity index (χ0v) is 14.9. The van der Waals surface area contributed by atoms with Crippen molar-refractivity contribution in [3.63, 3.8) is 0 Å². The van der Waals surface area contributed by atoms with Crippen molar-refractivity contribution in [1.29, 1.82) is 0 Å². The average Bonchev–Trinajstić information content (AvgIpc) is 2.55. The second kappa shape index (κ2) is 9.78. The monoisotopic (exact) mass is 340 g/mol. The Morgan fingerprint density at radius 1 is 1.35 bits per heavy atom. The quantitative estimate of drug-likeness (QED) is 0.835. The highest BCUT2D eigenvalue weighted by Gasteiger charge is 2.26. The number of nitrogens with two attached hydrogens (primary N) is 1. The van der Waals surface area contributed by atoms with E-state index in [0.717, 1.165) is 24.2 Å². The van der Waals surface area contributed by atoms with Crippen molar-refractivity contribution < 1.29 is 9.53 Å². The van der Waals surface area contributed by atoms with Gasteiger partial charge in [-0.25, -0.2) is 0 Å². The van der Waals surface area contributed by atoms with Gasteiger partial charge in [0.1, 0.15) is 5.75 Å². The van der Waals surface area contributed by atoms with E-state index in [-0.39, 0.29) is 30.3 Å². The van der Waals surface area contributed by atoms with Crippen molar-refractivity contribution in [2.75, 3.05) is 13.7 Å². The minimum Gasteiger partial charge on any atom is -0.496 e. The molecule has 1 aromatic carbocycles. The molecular formula is C18H29ClN2O2. The van der Waals surface area contributed by atoms with Crippen LogP contribution in [0, 0.1) is 5.92 Å². The van der Waals surface area contributed by atoms with E-state index in [1.165, 1.54) is 12.8 Å². The molecule has 2 rings (SSSR count). The van der Waals surface area contributed by atoms with Crippen molar-refractivity contribution in [2.45, 2.75) is 51.0 Å². The molecule has 0 radical (unpaired) electrons.